The van der Waals surface area contributed by atoms with Gasteiger partial charge in [-0.1, -0.05) is 19.1 Å². The van der Waals surface area contributed by atoms with Crippen molar-refractivity contribution in [1.82, 2.24) is 20.1 Å². The average Bonchev–Trinajstić information content (AvgIpc) is 3.08. The molecule has 7 heteroatoms. The number of piperidine rings is 1. The van der Waals surface area contributed by atoms with E-state index in [-0.39, 0.29) is 11.6 Å². The van der Waals surface area contributed by atoms with Gasteiger partial charge >= 0.3 is 0 Å². The van der Waals surface area contributed by atoms with E-state index in [4.69, 9.17) is 4.74 Å². The fraction of sp³-hybridized carbons (Fsp3) is 0.368. The molecule has 0 unspecified atom stereocenters. The number of ether oxygens (including phenoxy) is 1. The van der Waals surface area contributed by atoms with E-state index in [1.165, 1.54) is 6.07 Å². The van der Waals surface area contributed by atoms with Crippen LogP contribution in [0.3, 0.4) is 0 Å². The van der Waals surface area contributed by atoms with E-state index in [1.54, 1.807) is 42.2 Å². The minimum Gasteiger partial charge on any atom is -0.453 e. The zero-order valence-corrected chi connectivity index (χ0v) is 15.4. The highest BCUT2D eigenvalue weighted by molar-refractivity contribution is 8.00. The number of aromatic amines is 1. The summed E-state index contributed by atoms with van der Waals surface area (Å²) in [5.41, 5.74) is 0.660. The molecule has 1 aliphatic heterocycles. The van der Waals surface area contributed by atoms with Gasteiger partial charge in [0.15, 0.2) is 17.2 Å². The smallest absolute Gasteiger partial charge is 0.165 e. The molecule has 1 aliphatic rings. The first-order valence-electron chi connectivity index (χ1n) is 8.89. The lowest BCUT2D eigenvalue weighted by molar-refractivity contribution is 0.244. The number of benzene rings is 1. The standard InChI is InChI=1S/C19H21FN4OS/c1-2-24-11-8-13(9-12-24)26-19-17-16(7-10-21-18(17)22-23-19)25-15-6-4-3-5-14(15)20/h3-7,10,13H,2,8-9,11-12H2,1H3,(H,21,22,23). The van der Waals surface area contributed by atoms with Crippen LogP contribution in [0.1, 0.15) is 19.8 Å². The Morgan fingerprint density at radius 3 is 2.81 bits per heavy atom. The Balaban J connectivity index is 1.59. The van der Waals surface area contributed by atoms with Crippen LogP contribution in [0.4, 0.5) is 4.39 Å². The third kappa shape index (κ3) is 3.54. The third-order valence-electron chi connectivity index (χ3n) is 4.71. The van der Waals surface area contributed by atoms with Crippen molar-refractivity contribution in [2.75, 3.05) is 19.6 Å². The van der Waals surface area contributed by atoms with Crippen LogP contribution in [0, 0.1) is 5.82 Å². The Morgan fingerprint density at radius 2 is 2.04 bits per heavy atom. The highest BCUT2D eigenvalue weighted by Gasteiger charge is 2.22. The van der Waals surface area contributed by atoms with Crippen LogP contribution in [0.5, 0.6) is 11.5 Å². The Kier molecular flexibility index (Phi) is 5.08. The van der Waals surface area contributed by atoms with Gasteiger partial charge in [-0.2, -0.15) is 5.10 Å². The molecule has 0 atom stereocenters. The molecule has 0 amide bonds. The van der Waals surface area contributed by atoms with Crippen LogP contribution < -0.4 is 4.74 Å². The van der Waals surface area contributed by atoms with E-state index in [2.05, 4.69) is 27.0 Å². The second kappa shape index (κ2) is 7.63. The molecule has 3 aromatic rings. The molecule has 4 rings (SSSR count). The van der Waals surface area contributed by atoms with Crippen molar-refractivity contribution >= 4 is 22.8 Å². The molecule has 0 bridgehead atoms. The predicted molar refractivity (Wildman–Crippen MR) is 101 cm³/mol. The van der Waals surface area contributed by atoms with Gasteiger partial charge < -0.3 is 9.64 Å². The summed E-state index contributed by atoms with van der Waals surface area (Å²) in [6.45, 7) is 5.54. The number of para-hydroxylation sites is 1. The molecule has 0 aliphatic carbocycles. The lowest BCUT2D eigenvalue weighted by Gasteiger charge is -2.30. The number of aromatic nitrogens is 3. The minimum absolute atomic E-state index is 0.202. The molecule has 1 fully saturated rings. The van der Waals surface area contributed by atoms with Crippen LogP contribution in [0.25, 0.3) is 11.0 Å². The molecule has 136 valence electrons. The van der Waals surface area contributed by atoms with Gasteiger partial charge in [0.1, 0.15) is 10.8 Å². The molecular formula is C19H21FN4OS. The molecule has 0 radical (unpaired) electrons. The van der Waals surface area contributed by atoms with Crippen LogP contribution in [0.2, 0.25) is 0 Å². The number of fused-ring (bicyclic) bond motifs is 1. The highest BCUT2D eigenvalue weighted by Crippen LogP contribution is 2.38. The second-order valence-corrected chi connectivity index (χ2v) is 7.63. The van der Waals surface area contributed by atoms with Crippen LogP contribution >= 0.6 is 11.8 Å². The Bertz CT molecular complexity index is 892. The second-order valence-electron chi connectivity index (χ2n) is 6.35. The molecule has 2 aromatic heterocycles. The van der Waals surface area contributed by atoms with Gasteiger partial charge in [0.2, 0.25) is 0 Å². The molecule has 26 heavy (non-hydrogen) atoms. The first-order chi connectivity index (χ1) is 12.7. The third-order valence-corrected chi connectivity index (χ3v) is 6.03. The molecular weight excluding hydrogens is 351 g/mol. The van der Waals surface area contributed by atoms with Crippen molar-refractivity contribution in [3.63, 3.8) is 0 Å². The predicted octanol–water partition coefficient (Wildman–Crippen LogP) is 4.47. The summed E-state index contributed by atoms with van der Waals surface area (Å²) < 4.78 is 19.8. The topological polar surface area (TPSA) is 54.0 Å². The molecule has 3 heterocycles. The highest BCUT2D eigenvalue weighted by atomic mass is 32.2. The van der Waals surface area contributed by atoms with E-state index < -0.39 is 0 Å². The van der Waals surface area contributed by atoms with Gasteiger partial charge in [-0.25, -0.2) is 9.37 Å². The van der Waals surface area contributed by atoms with E-state index in [1.807, 2.05) is 0 Å². The summed E-state index contributed by atoms with van der Waals surface area (Å²) in [5.74, 6) is 0.387. The van der Waals surface area contributed by atoms with Crippen LogP contribution in [0.15, 0.2) is 41.6 Å². The number of nitrogens with one attached hydrogen (secondary N) is 1. The number of likely N-dealkylation sites (tertiary alicyclic amines) is 1. The summed E-state index contributed by atoms with van der Waals surface area (Å²) in [4.78, 5) is 6.80. The lowest BCUT2D eigenvalue weighted by Crippen LogP contribution is -2.34. The monoisotopic (exact) mass is 372 g/mol. The van der Waals surface area contributed by atoms with Crippen LogP contribution in [-0.4, -0.2) is 45.0 Å². The van der Waals surface area contributed by atoms with Gasteiger partial charge in [-0.15, -0.1) is 11.8 Å². The Hall–Kier alpha value is -2.12. The Morgan fingerprint density at radius 1 is 1.23 bits per heavy atom. The summed E-state index contributed by atoms with van der Waals surface area (Å²) in [5, 5.41) is 9.62. The molecule has 1 aromatic carbocycles. The van der Waals surface area contributed by atoms with Crippen molar-refractivity contribution in [2.24, 2.45) is 0 Å². The maximum absolute atomic E-state index is 14.0. The normalized spacial score (nSPS) is 16.2. The first-order valence-corrected chi connectivity index (χ1v) is 9.77. The summed E-state index contributed by atoms with van der Waals surface area (Å²) in [7, 11) is 0. The average molecular weight is 372 g/mol. The first kappa shape index (κ1) is 17.3. The molecule has 1 N–H and O–H groups in total. The number of H-pyrrole nitrogens is 1. The van der Waals surface area contributed by atoms with E-state index >= 15 is 0 Å². The summed E-state index contributed by atoms with van der Waals surface area (Å²) in [6, 6.07) is 8.17. The van der Waals surface area contributed by atoms with Crippen molar-refractivity contribution in [3.05, 3.63) is 42.3 Å². The molecule has 0 saturated carbocycles. The van der Waals surface area contributed by atoms with E-state index in [9.17, 15) is 4.39 Å². The quantitative estimate of drug-likeness (QED) is 0.716. The molecule has 0 spiro atoms. The van der Waals surface area contributed by atoms with Crippen LogP contribution in [-0.2, 0) is 0 Å². The summed E-state index contributed by atoms with van der Waals surface area (Å²) in [6.07, 6.45) is 3.91. The molecule has 1 saturated heterocycles. The number of pyridine rings is 1. The number of hydrogen-bond acceptors (Lipinski definition) is 5. The largest absolute Gasteiger partial charge is 0.453 e. The van der Waals surface area contributed by atoms with Gasteiger partial charge in [0.05, 0.1) is 5.39 Å². The van der Waals surface area contributed by atoms with Crippen molar-refractivity contribution in [2.45, 2.75) is 30.0 Å². The van der Waals surface area contributed by atoms with E-state index in [0.29, 0.717) is 16.6 Å². The van der Waals surface area contributed by atoms with E-state index in [0.717, 1.165) is 42.9 Å². The lowest BCUT2D eigenvalue weighted by atomic mass is 10.1. The summed E-state index contributed by atoms with van der Waals surface area (Å²) >= 11 is 1.76. The van der Waals surface area contributed by atoms with Crippen molar-refractivity contribution < 1.29 is 9.13 Å². The number of hydrogen-bond donors (Lipinski definition) is 1. The number of nitrogens with zero attached hydrogens (tertiary/aromatic N) is 3. The maximum atomic E-state index is 14.0. The van der Waals surface area contributed by atoms with Gasteiger partial charge in [-0.3, -0.25) is 5.10 Å². The van der Waals surface area contributed by atoms with Crippen molar-refractivity contribution in [1.29, 1.82) is 0 Å². The SMILES string of the molecule is CCN1CCC(Sc2n[nH]c3nccc(Oc4ccccc4F)c23)CC1. The number of rotatable bonds is 5. The maximum Gasteiger partial charge on any atom is 0.165 e. The number of halogens is 1. The zero-order chi connectivity index (χ0) is 17.9. The van der Waals surface area contributed by atoms with Crippen molar-refractivity contribution in [3.8, 4) is 11.5 Å². The fourth-order valence-corrected chi connectivity index (χ4v) is 4.39. The van der Waals surface area contributed by atoms with Gasteiger partial charge in [-0.05, 0) is 44.6 Å². The zero-order valence-electron chi connectivity index (χ0n) is 14.6. The Labute approximate surface area is 155 Å². The molecule has 5 nitrogen and oxygen atoms in total. The fourth-order valence-electron chi connectivity index (χ4n) is 3.21. The van der Waals surface area contributed by atoms with Gasteiger partial charge in [0, 0.05) is 17.5 Å². The number of thioether (sulfide) groups is 1. The minimum atomic E-state index is -0.387. The van der Waals surface area contributed by atoms with Gasteiger partial charge in [0.25, 0.3) is 0 Å².